The van der Waals surface area contributed by atoms with Crippen molar-refractivity contribution < 1.29 is 14.3 Å². The summed E-state index contributed by atoms with van der Waals surface area (Å²) in [6.45, 7) is 2.95. The third kappa shape index (κ3) is 3.98. The first-order valence-corrected chi connectivity index (χ1v) is 6.49. The summed E-state index contributed by atoms with van der Waals surface area (Å²) in [5.41, 5.74) is 0.634. The zero-order valence-corrected chi connectivity index (χ0v) is 11.0. The lowest BCUT2D eigenvalue weighted by Gasteiger charge is -2.26. The number of carbonyl (C=O) groups excluding carboxylic acids is 2. The zero-order valence-electron chi connectivity index (χ0n) is 11.0. The van der Waals surface area contributed by atoms with E-state index >= 15 is 0 Å². The van der Waals surface area contributed by atoms with Crippen molar-refractivity contribution >= 4 is 17.7 Å². The minimum absolute atomic E-state index is 0.0975. The number of piperidine rings is 1. The third-order valence-electron chi connectivity index (χ3n) is 2.99. The second-order valence-electron chi connectivity index (χ2n) is 4.60. The Morgan fingerprint density at radius 3 is 2.63 bits per heavy atom. The summed E-state index contributed by atoms with van der Waals surface area (Å²) in [4.78, 5) is 24.7. The number of likely N-dealkylation sites (tertiary alicyclic amines) is 1. The summed E-state index contributed by atoms with van der Waals surface area (Å²) in [5.74, 6) is 0.0588. The Morgan fingerprint density at radius 2 is 1.95 bits per heavy atom. The highest BCUT2D eigenvalue weighted by molar-refractivity contribution is 5.89. The maximum Gasteiger partial charge on any atom is 0.321 e. The number of urea groups is 1. The molecular weight excluding hydrogens is 244 g/mol. The molecule has 2 rings (SSSR count). The molecule has 1 heterocycles. The Labute approximate surface area is 112 Å². The predicted molar refractivity (Wildman–Crippen MR) is 72.2 cm³/mol. The molecule has 102 valence electrons. The van der Waals surface area contributed by atoms with Crippen molar-refractivity contribution in [3.63, 3.8) is 0 Å². The number of esters is 1. The van der Waals surface area contributed by atoms with Gasteiger partial charge in [-0.3, -0.25) is 4.79 Å². The monoisotopic (exact) mass is 262 g/mol. The number of hydrogen-bond acceptors (Lipinski definition) is 3. The Hall–Kier alpha value is -2.04. The van der Waals surface area contributed by atoms with Crippen LogP contribution < -0.4 is 10.1 Å². The van der Waals surface area contributed by atoms with Gasteiger partial charge in [0.15, 0.2) is 0 Å². The SMILES string of the molecule is CC(=O)Oc1cccc(NC(=O)N2CCCCC2)c1. The first kappa shape index (κ1) is 13.4. The number of ether oxygens (including phenoxy) is 1. The van der Waals surface area contributed by atoms with Gasteiger partial charge in [0.2, 0.25) is 0 Å². The molecule has 0 radical (unpaired) electrons. The molecule has 1 aliphatic rings. The fourth-order valence-electron chi connectivity index (χ4n) is 2.10. The van der Waals surface area contributed by atoms with Gasteiger partial charge in [0.05, 0.1) is 0 Å². The van der Waals surface area contributed by atoms with Gasteiger partial charge in [-0.1, -0.05) is 6.07 Å². The Kier molecular flexibility index (Phi) is 4.39. The normalized spacial score (nSPS) is 14.9. The van der Waals surface area contributed by atoms with E-state index in [1.807, 2.05) is 4.90 Å². The van der Waals surface area contributed by atoms with Crippen LogP contribution in [0.1, 0.15) is 26.2 Å². The summed E-state index contributed by atoms with van der Waals surface area (Å²) in [7, 11) is 0. The van der Waals surface area contributed by atoms with E-state index in [2.05, 4.69) is 5.32 Å². The molecule has 2 amide bonds. The van der Waals surface area contributed by atoms with Crippen LogP contribution in [-0.4, -0.2) is 30.0 Å². The molecule has 0 saturated carbocycles. The van der Waals surface area contributed by atoms with E-state index in [1.54, 1.807) is 24.3 Å². The summed E-state index contributed by atoms with van der Waals surface area (Å²) < 4.78 is 4.98. The zero-order chi connectivity index (χ0) is 13.7. The molecule has 0 aromatic heterocycles. The lowest BCUT2D eigenvalue weighted by molar-refractivity contribution is -0.131. The van der Waals surface area contributed by atoms with E-state index in [0.29, 0.717) is 11.4 Å². The molecule has 0 spiro atoms. The molecule has 1 aromatic rings. The minimum atomic E-state index is -0.375. The van der Waals surface area contributed by atoms with Gasteiger partial charge in [0, 0.05) is 31.8 Å². The van der Waals surface area contributed by atoms with E-state index in [9.17, 15) is 9.59 Å². The molecule has 1 aromatic carbocycles. The van der Waals surface area contributed by atoms with E-state index in [4.69, 9.17) is 4.74 Å². The Balaban J connectivity index is 1.97. The van der Waals surface area contributed by atoms with Crippen molar-refractivity contribution in [2.75, 3.05) is 18.4 Å². The van der Waals surface area contributed by atoms with Crippen molar-refractivity contribution in [3.05, 3.63) is 24.3 Å². The average molecular weight is 262 g/mol. The fourth-order valence-corrected chi connectivity index (χ4v) is 2.10. The van der Waals surface area contributed by atoms with Crippen LogP contribution in [0.2, 0.25) is 0 Å². The van der Waals surface area contributed by atoms with E-state index in [0.717, 1.165) is 25.9 Å². The van der Waals surface area contributed by atoms with Gasteiger partial charge in [0.1, 0.15) is 5.75 Å². The van der Waals surface area contributed by atoms with E-state index in [-0.39, 0.29) is 12.0 Å². The topological polar surface area (TPSA) is 58.6 Å². The molecule has 1 fully saturated rings. The lowest BCUT2D eigenvalue weighted by atomic mass is 10.1. The van der Waals surface area contributed by atoms with Gasteiger partial charge in [0.25, 0.3) is 0 Å². The molecule has 5 heteroatoms. The first-order chi connectivity index (χ1) is 9.15. The standard InChI is InChI=1S/C14H18N2O3/c1-11(17)19-13-7-5-6-12(10-13)15-14(18)16-8-3-2-4-9-16/h5-7,10H,2-4,8-9H2,1H3,(H,15,18). The molecule has 5 nitrogen and oxygen atoms in total. The van der Waals surface area contributed by atoms with Gasteiger partial charge < -0.3 is 15.0 Å². The lowest BCUT2D eigenvalue weighted by Crippen LogP contribution is -2.38. The molecule has 0 aliphatic carbocycles. The van der Waals surface area contributed by atoms with Crippen molar-refractivity contribution in [1.82, 2.24) is 4.90 Å². The Bertz CT molecular complexity index is 468. The third-order valence-corrected chi connectivity index (χ3v) is 2.99. The molecule has 1 aliphatic heterocycles. The van der Waals surface area contributed by atoms with Gasteiger partial charge >= 0.3 is 12.0 Å². The predicted octanol–water partition coefficient (Wildman–Crippen LogP) is 2.63. The summed E-state index contributed by atoms with van der Waals surface area (Å²) in [6, 6.07) is 6.74. The van der Waals surface area contributed by atoms with Crippen molar-refractivity contribution in [2.45, 2.75) is 26.2 Å². The van der Waals surface area contributed by atoms with Crippen molar-refractivity contribution in [3.8, 4) is 5.75 Å². The number of rotatable bonds is 2. The van der Waals surface area contributed by atoms with E-state index < -0.39 is 0 Å². The largest absolute Gasteiger partial charge is 0.427 e. The van der Waals surface area contributed by atoms with Crippen LogP contribution in [0, 0.1) is 0 Å². The molecule has 0 atom stereocenters. The number of nitrogens with zero attached hydrogens (tertiary/aromatic N) is 1. The molecule has 19 heavy (non-hydrogen) atoms. The summed E-state index contributed by atoms with van der Waals surface area (Å²) >= 11 is 0. The average Bonchev–Trinajstić information content (AvgIpc) is 2.39. The second kappa shape index (κ2) is 6.22. The van der Waals surface area contributed by atoms with Crippen LogP contribution in [0.15, 0.2) is 24.3 Å². The van der Waals surface area contributed by atoms with Crippen LogP contribution in [0.25, 0.3) is 0 Å². The molecule has 0 bridgehead atoms. The van der Waals surface area contributed by atoms with Crippen molar-refractivity contribution in [1.29, 1.82) is 0 Å². The number of carbonyl (C=O) groups is 2. The number of nitrogens with one attached hydrogen (secondary N) is 1. The van der Waals surface area contributed by atoms with Crippen molar-refractivity contribution in [2.24, 2.45) is 0 Å². The van der Waals surface area contributed by atoms with E-state index in [1.165, 1.54) is 13.3 Å². The molecule has 1 saturated heterocycles. The highest BCUT2D eigenvalue weighted by atomic mass is 16.5. The highest BCUT2D eigenvalue weighted by Crippen LogP contribution is 2.18. The highest BCUT2D eigenvalue weighted by Gasteiger charge is 2.16. The number of hydrogen-bond donors (Lipinski definition) is 1. The Morgan fingerprint density at radius 1 is 1.21 bits per heavy atom. The van der Waals surface area contributed by atoms with Crippen LogP contribution in [0.5, 0.6) is 5.75 Å². The first-order valence-electron chi connectivity index (χ1n) is 6.49. The van der Waals surface area contributed by atoms with Gasteiger partial charge in [-0.15, -0.1) is 0 Å². The number of anilines is 1. The minimum Gasteiger partial charge on any atom is -0.427 e. The van der Waals surface area contributed by atoms with Crippen LogP contribution >= 0.6 is 0 Å². The van der Waals surface area contributed by atoms with Gasteiger partial charge in [-0.25, -0.2) is 4.79 Å². The summed E-state index contributed by atoms with van der Waals surface area (Å²) in [5, 5.41) is 2.82. The number of benzene rings is 1. The molecule has 1 N–H and O–H groups in total. The molecule has 0 unspecified atom stereocenters. The maximum absolute atomic E-state index is 12.0. The van der Waals surface area contributed by atoms with Crippen LogP contribution in [0.4, 0.5) is 10.5 Å². The van der Waals surface area contributed by atoms with Gasteiger partial charge in [-0.2, -0.15) is 0 Å². The van der Waals surface area contributed by atoms with Crippen LogP contribution in [0.3, 0.4) is 0 Å². The number of amides is 2. The molecular formula is C14H18N2O3. The van der Waals surface area contributed by atoms with Crippen LogP contribution in [-0.2, 0) is 4.79 Å². The van der Waals surface area contributed by atoms with Gasteiger partial charge in [-0.05, 0) is 31.4 Å². The summed E-state index contributed by atoms with van der Waals surface area (Å²) in [6.07, 6.45) is 3.30. The quantitative estimate of drug-likeness (QED) is 0.658. The maximum atomic E-state index is 12.0. The fraction of sp³-hybridized carbons (Fsp3) is 0.429. The second-order valence-corrected chi connectivity index (χ2v) is 4.60. The smallest absolute Gasteiger partial charge is 0.321 e.